The zero-order valence-corrected chi connectivity index (χ0v) is 18.3. The number of hydrogen-bond donors (Lipinski definition) is 0. The predicted molar refractivity (Wildman–Crippen MR) is 116 cm³/mol. The van der Waals surface area contributed by atoms with Crippen molar-refractivity contribution in [1.82, 2.24) is 9.88 Å². The normalized spacial score (nSPS) is 11.5. The van der Waals surface area contributed by atoms with Crippen molar-refractivity contribution in [3.05, 3.63) is 53.6 Å². The number of thiazole rings is 1. The van der Waals surface area contributed by atoms with E-state index in [0.29, 0.717) is 34.6 Å². The molecule has 0 bridgehead atoms. The summed E-state index contributed by atoms with van der Waals surface area (Å²) in [6, 6.07) is 9.63. The summed E-state index contributed by atoms with van der Waals surface area (Å²) in [5, 5.41) is 0.320. The molecule has 0 spiro atoms. The highest BCUT2D eigenvalue weighted by atomic mass is 32.1. The van der Waals surface area contributed by atoms with E-state index in [-0.39, 0.29) is 18.0 Å². The van der Waals surface area contributed by atoms with Crippen LogP contribution >= 0.6 is 11.3 Å². The second kappa shape index (κ2) is 9.49. The van der Waals surface area contributed by atoms with E-state index >= 15 is 0 Å². The van der Waals surface area contributed by atoms with Crippen molar-refractivity contribution in [3.8, 4) is 5.75 Å². The van der Waals surface area contributed by atoms with Gasteiger partial charge in [-0.3, -0.25) is 9.69 Å². The lowest BCUT2D eigenvalue weighted by Crippen LogP contribution is -2.39. The van der Waals surface area contributed by atoms with Crippen LogP contribution in [-0.2, 0) is 4.79 Å². The number of fused-ring (bicyclic) bond motifs is 1. The molecule has 0 aliphatic carbocycles. The lowest BCUT2D eigenvalue weighted by Gasteiger charge is -2.22. The standard InChI is InChI=1S/C22H25F2N3O2S/c1-14(2)15-5-7-17(8-6-15)29-13-20(28)27(10-9-26(3)4)22-25-21-18(24)11-16(23)12-19(21)30-22/h5-8,11-12,14H,9-10,13H2,1-4H3. The van der Waals surface area contributed by atoms with Crippen LogP contribution in [-0.4, -0.2) is 49.6 Å². The van der Waals surface area contributed by atoms with E-state index in [2.05, 4.69) is 18.8 Å². The molecule has 160 valence electrons. The van der Waals surface area contributed by atoms with Crippen LogP contribution < -0.4 is 9.64 Å². The smallest absolute Gasteiger partial charge is 0.266 e. The Kier molecular flexibility index (Phi) is 6.99. The van der Waals surface area contributed by atoms with Crippen LogP contribution in [0.15, 0.2) is 36.4 Å². The van der Waals surface area contributed by atoms with Crippen molar-refractivity contribution in [1.29, 1.82) is 0 Å². The van der Waals surface area contributed by atoms with Gasteiger partial charge in [0.2, 0.25) is 0 Å². The van der Waals surface area contributed by atoms with Crippen molar-refractivity contribution in [3.63, 3.8) is 0 Å². The van der Waals surface area contributed by atoms with E-state index in [9.17, 15) is 13.6 Å². The molecule has 0 saturated carbocycles. The Morgan fingerprint density at radius 2 is 1.83 bits per heavy atom. The highest BCUT2D eigenvalue weighted by molar-refractivity contribution is 7.22. The Bertz CT molecular complexity index is 1020. The average Bonchev–Trinajstić information content (AvgIpc) is 3.10. The van der Waals surface area contributed by atoms with Crippen molar-refractivity contribution >= 4 is 32.6 Å². The first-order valence-corrected chi connectivity index (χ1v) is 10.5. The number of amides is 1. The monoisotopic (exact) mass is 433 g/mol. The molecule has 3 aromatic rings. The van der Waals surface area contributed by atoms with Crippen molar-refractivity contribution in [2.45, 2.75) is 19.8 Å². The third-order valence-corrected chi connectivity index (χ3v) is 5.64. The van der Waals surface area contributed by atoms with E-state index in [1.54, 1.807) is 0 Å². The molecule has 0 unspecified atom stereocenters. The number of nitrogens with zero attached hydrogens (tertiary/aromatic N) is 3. The molecule has 30 heavy (non-hydrogen) atoms. The van der Waals surface area contributed by atoms with Crippen LogP contribution in [0.1, 0.15) is 25.3 Å². The van der Waals surface area contributed by atoms with E-state index in [1.807, 2.05) is 43.3 Å². The van der Waals surface area contributed by atoms with Gasteiger partial charge in [0.05, 0.1) is 4.70 Å². The number of anilines is 1. The molecule has 2 aromatic carbocycles. The number of hydrogen-bond acceptors (Lipinski definition) is 5. The summed E-state index contributed by atoms with van der Waals surface area (Å²) in [5.74, 6) is -0.711. The lowest BCUT2D eigenvalue weighted by atomic mass is 10.0. The molecule has 0 aliphatic rings. The summed E-state index contributed by atoms with van der Waals surface area (Å²) in [4.78, 5) is 20.6. The number of likely N-dealkylation sites (N-methyl/N-ethyl adjacent to an activating group) is 1. The van der Waals surface area contributed by atoms with Crippen molar-refractivity contribution in [2.75, 3.05) is 38.7 Å². The molecule has 0 fully saturated rings. The second-order valence-electron chi connectivity index (χ2n) is 7.59. The molecule has 8 heteroatoms. The number of ether oxygens (including phenoxy) is 1. The third-order valence-electron chi connectivity index (χ3n) is 4.61. The van der Waals surface area contributed by atoms with Crippen molar-refractivity contribution < 1.29 is 18.3 Å². The first-order chi connectivity index (χ1) is 14.2. The first-order valence-electron chi connectivity index (χ1n) is 9.68. The SMILES string of the molecule is CC(C)c1ccc(OCC(=O)N(CCN(C)C)c2nc3c(F)cc(F)cc3s2)cc1. The van der Waals surface area contributed by atoms with Crippen LogP contribution in [0.4, 0.5) is 13.9 Å². The molecular formula is C22H25F2N3O2S. The van der Waals surface area contributed by atoms with Gasteiger partial charge < -0.3 is 9.64 Å². The number of aromatic nitrogens is 1. The Hall–Kier alpha value is -2.58. The summed E-state index contributed by atoms with van der Waals surface area (Å²) in [7, 11) is 3.78. The molecule has 0 radical (unpaired) electrons. The number of rotatable bonds is 8. The zero-order chi connectivity index (χ0) is 21.8. The molecule has 0 saturated heterocycles. The van der Waals surface area contributed by atoms with E-state index in [0.717, 1.165) is 17.4 Å². The molecule has 1 aromatic heterocycles. The third kappa shape index (κ3) is 5.31. The number of halogens is 2. The minimum atomic E-state index is -0.742. The molecule has 5 nitrogen and oxygen atoms in total. The predicted octanol–water partition coefficient (Wildman–Crippen LogP) is 4.67. The van der Waals surface area contributed by atoms with Gasteiger partial charge in [-0.2, -0.15) is 0 Å². The highest BCUT2D eigenvalue weighted by Crippen LogP contribution is 2.31. The van der Waals surface area contributed by atoms with Gasteiger partial charge >= 0.3 is 0 Å². The summed E-state index contributed by atoms with van der Waals surface area (Å²) in [6.45, 7) is 4.97. The Labute approximate surface area is 178 Å². The zero-order valence-electron chi connectivity index (χ0n) is 17.5. The number of carbonyl (C=O) groups excluding carboxylic acids is 1. The second-order valence-corrected chi connectivity index (χ2v) is 8.60. The fourth-order valence-electron chi connectivity index (χ4n) is 2.86. The Morgan fingerprint density at radius 3 is 2.47 bits per heavy atom. The average molecular weight is 434 g/mol. The minimum absolute atomic E-state index is 0.0595. The maximum Gasteiger partial charge on any atom is 0.266 e. The van der Waals surface area contributed by atoms with Crippen LogP contribution in [0.3, 0.4) is 0 Å². The van der Waals surface area contributed by atoms with Gasteiger partial charge in [-0.25, -0.2) is 13.8 Å². The summed E-state index contributed by atoms with van der Waals surface area (Å²) in [5.41, 5.74) is 1.24. The topological polar surface area (TPSA) is 45.7 Å². The summed E-state index contributed by atoms with van der Waals surface area (Å²) >= 11 is 1.08. The number of carbonyl (C=O) groups is 1. The van der Waals surface area contributed by atoms with Gasteiger partial charge in [0.25, 0.3) is 5.91 Å². The van der Waals surface area contributed by atoms with Gasteiger partial charge in [-0.05, 0) is 43.8 Å². The van der Waals surface area contributed by atoms with Crippen LogP contribution in [0.25, 0.3) is 10.2 Å². The molecule has 0 aliphatic heterocycles. The van der Waals surface area contributed by atoms with Crippen LogP contribution in [0.2, 0.25) is 0 Å². The molecule has 3 rings (SSSR count). The quantitative estimate of drug-likeness (QED) is 0.518. The molecule has 1 heterocycles. The number of benzene rings is 2. The van der Waals surface area contributed by atoms with Crippen LogP contribution in [0, 0.1) is 11.6 Å². The van der Waals surface area contributed by atoms with E-state index in [1.165, 1.54) is 16.5 Å². The van der Waals surface area contributed by atoms with Gasteiger partial charge in [0, 0.05) is 19.2 Å². The molecule has 0 atom stereocenters. The molecular weight excluding hydrogens is 408 g/mol. The fraction of sp³-hybridized carbons (Fsp3) is 0.364. The molecule has 1 amide bonds. The minimum Gasteiger partial charge on any atom is -0.484 e. The summed E-state index contributed by atoms with van der Waals surface area (Å²) < 4.78 is 33.6. The van der Waals surface area contributed by atoms with E-state index < -0.39 is 11.6 Å². The largest absolute Gasteiger partial charge is 0.484 e. The fourth-order valence-corrected chi connectivity index (χ4v) is 3.91. The van der Waals surface area contributed by atoms with Gasteiger partial charge in [0.15, 0.2) is 17.6 Å². The molecule has 0 N–H and O–H groups in total. The van der Waals surface area contributed by atoms with Gasteiger partial charge in [-0.1, -0.05) is 37.3 Å². The maximum absolute atomic E-state index is 14.1. The Balaban J connectivity index is 1.79. The maximum atomic E-state index is 14.1. The first kappa shape index (κ1) is 22.1. The van der Waals surface area contributed by atoms with Crippen molar-refractivity contribution in [2.24, 2.45) is 0 Å². The van der Waals surface area contributed by atoms with E-state index in [4.69, 9.17) is 4.74 Å². The van der Waals surface area contributed by atoms with Gasteiger partial charge in [0.1, 0.15) is 17.1 Å². The highest BCUT2D eigenvalue weighted by Gasteiger charge is 2.22. The lowest BCUT2D eigenvalue weighted by molar-refractivity contribution is -0.120. The Morgan fingerprint density at radius 1 is 1.13 bits per heavy atom. The van der Waals surface area contributed by atoms with Gasteiger partial charge in [-0.15, -0.1) is 0 Å². The van der Waals surface area contributed by atoms with Crippen LogP contribution in [0.5, 0.6) is 5.75 Å². The summed E-state index contributed by atoms with van der Waals surface area (Å²) in [6.07, 6.45) is 0.